The van der Waals surface area contributed by atoms with Crippen molar-refractivity contribution in [2.45, 2.75) is 26.7 Å². The molecule has 1 aromatic carbocycles. The predicted molar refractivity (Wildman–Crippen MR) is 94.0 cm³/mol. The fourth-order valence-electron chi connectivity index (χ4n) is 3.06. The van der Waals surface area contributed by atoms with Gasteiger partial charge in [0.2, 0.25) is 0 Å². The molecule has 0 radical (unpaired) electrons. The zero-order valence-corrected chi connectivity index (χ0v) is 13.7. The van der Waals surface area contributed by atoms with Crippen LogP contribution in [0.15, 0.2) is 42.6 Å². The van der Waals surface area contributed by atoms with E-state index >= 15 is 0 Å². The number of carbonyl (C=O) groups excluding carboxylic acids is 1. The van der Waals surface area contributed by atoms with Crippen molar-refractivity contribution < 1.29 is 4.79 Å². The van der Waals surface area contributed by atoms with Crippen molar-refractivity contribution in [3.05, 3.63) is 53.9 Å². The van der Waals surface area contributed by atoms with Gasteiger partial charge in [-0.05, 0) is 49.4 Å². The van der Waals surface area contributed by atoms with Crippen LogP contribution < -0.4 is 10.2 Å². The monoisotopic (exact) mass is 309 g/mol. The molecule has 0 bridgehead atoms. The number of para-hydroxylation sites is 1. The number of aromatic nitrogens is 1. The van der Waals surface area contributed by atoms with Crippen LogP contribution in [0, 0.1) is 12.8 Å². The molecule has 1 aromatic heterocycles. The number of anilines is 2. The second-order valence-electron chi connectivity index (χ2n) is 6.36. The van der Waals surface area contributed by atoms with E-state index in [2.05, 4.69) is 22.1 Å². The average Bonchev–Trinajstić information content (AvgIpc) is 2.57. The lowest BCUT2D eigenvalue weighted by Gasteiger charge is -2.32. The molecule has 3 rings (SSSR count). The first-order chi connectivity index (χ1) is 11.1. The molecule has 1 unspecified atom stereocenters. The number of aryl methyl sites for hydroxylation is 1. The van der Waals surface area contributed by atoms with Gasteiger partial charge >= 0.3 is 0 Å². The molecule has 1 amide bonds. The molecule has 4 nitrogen and oxygen atoms in total. The topological polar surface area (TPSA) is 45.2 Å². The lowest BCUT2D eigenvalue weighted by Crippen LogP contribution is -2.34. The minimum absolute atomic E-state index is 0.161. The molecule has 2 aromatic rings. The van der Waals surface area contributed by atoms with E-state index in [9.17, 15) is 4.79 Å². The Morgan fingerprint density at radius 3 is 2.91 bits per heavy atom. The van der Waals surface area contributed by atoms with Crippen molar-refractivity contribution in [1.29, 1.82) is 0 Å². The Balaban J connectivity index is 1.76. The van der Waals surface area contributed by atoms with Gasteiger partial charge in [0.1, 0.15) is 5.69 Å². The maximum atomic E-state index is 12.5. The van der Waals surface area contributed by atoms with Gasteiger partial charge in [0.25, 0.3) is 5.91 Å². The summed E-state index contributed by atoms with van der Waals surface area (Å²) >= 11 is 0. The third-order valence-electron chi connectivity index (χ3n) is 4.39. The first kappa shape index (κ1) is 15.5. The van der Waals surface area contributed by atoms with Gasteiger partial charge in [-0.15, -0.1) is 0 Å². The van der Waals surface area contributed by atoms with E-state index in [0.717, 1.165) is 30.0 Å². The van der Waals surface area contributed by atoms with E-state index in [1.807, 2.05) is 43.3 Å². The van der Waals surface area contributed by atoms with Gasteiger partial charge in [-0.25, -0.2) is 0 Å². The van der Waals surface area contributed by atoms with Crippen molar-refractivity contribution in [3.8, 4) is 0 Å². The molecule has 23 heavy (non-hydrogen) atoms. The van der Waals surface area contributed by atoms with E-state index in [4.69, 9.17) is 0 Å². The summed E-state index contributed by atoms with van der Waals surface area (Å²) in [4.78, 5) is 19.1. The summed E-state index contributed by atoms with van der Waals surface area (Å²) in [6, 6.07) is 11.6. The van der Waals surface area contributed by atoms with Crippen molar-refractivity contribution >= 4 is 17.3 Å². The molecule has 120 valence electrons. The van der Waals surface area contributed by atoms with Crippen LogP contribution in [-0.4, -0.2) is 24.0 Å². The number of hydrogen-bond acceptors (Lipinski definition) is 3. The number of amides is 1. The predicted octanol–water partition coefficient (Wildman–Crippen LogP) is 3.88. The van der Waals surface area contributed by atoms with Crippen LogP contribution in [-0.2, 0) is 0 Å². The first-order valence-corrected chi connectivity index (χ1v) is 8.21. The highest BCUT2D eigenvalue weighted by atomic mass is 16.1. The Kier molecular flexibility index (Phi) is 4.60. The first-order valence-electron chi connectivity index (χ1n) is 8.21. The highest BCUT2D eigenvalue weighted by Crippen LogP contribution is 2.23. The molecule has 2 heterocycles. The second kappa shape index (κ2) is 6.82. The highest BCUT2D eigenvalue weighted by molar-refractivity contribution is 6.03. The fraction of sp³-hybridized carbons (Fsp3) is 0.368. The van der Waals surface area contributed by atoms with Crippen LogP contribution in [0.5, 0.6) is 0 Å². The largest absolute Gasteiger partial charge is 0.371 e. The van der Waals surface area contributed by atoms with Crippen LogP contribution in [0.3, 0.4) is 0 Å². The molecule has 0 saturated carbocycles. The molecule has 1 aliphatic rings. The van der Waals surface area contributed by atoms with E-state index in [1.54, 1.807) is 6.20 Å². The summed E-state index contributed by atoms with van der Waals surface area (Å²) in [6.45, 7) is 6.35. The lowest BCUT2D eigenvalue weighted by molar-refractivity contribution is 0.102. The average molecular weight is 309 g/mol. The summed E-state index contributed by atoms with van der Waals surface area (Å²) < 4.78 is 0. The molecule has 4 heteroatoms. The molecule has 0 spiro atoms. The van der Waals surface area contributed by atoms with Crippen molar-refractivity contribution in [2.75, 3.05) is 23.3 Å². The SMILES string of the molecule is Cc1ccccc1NC(=O)c1cc(N2CCCC(C)C2)ccn1. The van der Waals surface area contributed by atoms with Crippen LogP contribution in [0.25, 0.3) is 0 Å². The number of carbonyl (C=O) groups is 1. The van der Waals surface area contributed by atoms with Crippen LogP contribution in [0.4, 0.5) is 11.4 Å². The Labute approximate surface area is 137 Å². The fourth-order valence-corrected chi connectivity index (χ4v) is 3.06. The molecule has 1 saturated heterocycles. The molecular formula is C19H23N3O. The summed E-state index contributed by atoms with van der Waals surface area (Å²) in [5, 5.41) is 2.95. The summed E-state index contributed by atoms with van der Waals surface area (Å²) in [6.07, 6.45) is 4.21. The van der Waals surface area contributed by atoms with Crippen LogP contribution >= 0.6 is 0 Å². The third kappa shape index (κ3) is 3.70. The minimum atomic E-state index is -0.161. The van der Waals surface area contributed by atoms with E-state index in [0.29, 0.717) is 11.6 Å². The maximum absolute atomic E-state index is 12.5. The van der Waals surface area contributed by atoms with Gasteiger partial charge < -0.3 is 10.2 Å². The van der Waals surface area contributed by atoms with E-state index in [-0.39, 0.29) is 5.91 Å². The highest BCUT2D eigenvalue weighted by Gasteiger charge is 2.18. The second-order valence-corrected chi connectivity index (χ2v) is 6.36. The number of pyridine rings is 1. The molecule has 0 aliphatic carbocycles. The minimum Gasteiger partial charge on any atom is -0.371 e. The quantitative estimate of drug-likeness (QED) is 0.936. The maximum Gasteiger partial charge on any atom is 0.274 e. The van der Waals surface area contributed by atoms with E-state index in [1.165, 1.54) is 12.8 Å². The molecule has 1 aliphatic heterocycles. The third-order valence-corrected chi connectivity index (χ3v) is 4.39. The molecule has 1 atom stereocenters. The number of rotatable bonds is 3. The van der Waals surface area contributed by atoms with Gasteiger partial charge in [-0.3, -0.25) is 9.78 Å². The smallest absolute Gasteiger partial charge is 0.274 e. The van der Waals surface area contributed by atoms with E-state index < -0.39 is 0 Å². The summed E-state index contributed by atoms with van der Waals surface area (Å²) in [5.74, 6) is 0.535. The van der Waals surface area contributed by atoms with Gasteiger partial charge in [0.15, 0.2) is 0 Å². The van der Waals surface area contributed by atoms with Gasteiger partial charge in [0.05, 0.1) is 0 Å². The van der Waals surface area contributed by atoms with Gasteiger partial charge in [-0.2, -0.15) is 0 Å². The van der Waals surface area contributed by atoms with Crippen molar-refractivity contribution in [1.82, 2.24) is 4.98 Å². The zero-order chi connectivity index (χ0) is 16.2. The molecule has 1 N–H and O–H groups in total. The number of nitrogens with zero attached hydrogens (tertiary/aromatic N) is 2. The van der Waals surface area contributed by atoms with Crippen molar-refractivity contribution in [3.63, 3.8) is 0 Å². The Morgan fingerprint density at radius 1 is 1.30 bits per heavy atom. The number of piperidine rings is 1. The Hall–Kier alpha value is -2.36. The molecular weight excluding hydrogens is 286 g/mol. The Bertz CT molecular complexity index is 699. The van der Waals surface area contributed by atoms with Gasteiger partial charge in [-0.1, -0.05) is 25.1 Å². The van der Waals surface area contributed by atoms with Crippen molar-refractivity contribution in [2.24, 2.45) is 5.92 Å². The Morgan fingerprint density at radius 2 is 2.13 bits per heavy atom. The number of benzene rings is 1. The number of nitrogens with one attached hydrogen (secondary N) is 1. The normalized spacial score (nSPS) is 17.8. The lowest BCUT2D eigenvalue weighted by atomic mass is 10.00. The standard InChI is InChI=1S/C19H23N3O/c1-14-6-5-11-22(13-14)16-9-10-20-18(12-16)19(23)21-17-8-4-3-7-15(17)2/h3-4,7-10,12,14H,5-6,11,13H2,1-2H3,(H,21,23). The number of hydrogen-bond donors (Lipinski definition) is 1. The summed E-state index contributed by atoms with van der Waals surface area (Å²) in [5.41, 5.74) is 3.42. The van der Waals surface area contributed by atoms with Crippen LogP contribution in [0.2, 0.25) is 0 Å². The summed E-state index contributed by atoms with van der Waals surface area (Å²) in [7, 11) is 0. The zero-order valence-electron chi connectivity index (χ0n) is 13.7. The van der Waals surface area contributed by atoms with Crippen LogP contribution in [0.1, 0.15) is 35.8 Å². The molecule has 1 fully saturated rings. The van der Waals surface area contributed by atoms with Gasteiger partial charge in [0, 0.05) is 30.7 Å².